The fourth-order valence-corrected chi connectivity index (χ4v) is 3.78. The molecule has 0 bridgehead atoms. The Bertz CT molecular complexity index is 1250. The van der Waals surface area contributed by atoms with Crippen molar-refractivity contribution in [3.05, 3.63) is 46.6 Å². The predicted octanol–water partition coefficient (Wildman–Crippen LogP) is 3.27. The minimum atomic E-state index is -0.458. The molecular weight excluding hydrogens is 365 g/mol. The van der Waals surface area contributed by atoms with Gasteiger partial charge in [-0.2, -0.15) is 4.98 Å². The molecule has 4 aromatic rings. The topological polar surface area (TPSA) is 87.5 Å². The van der Waals surface area contributed by atoms with Crippen molar-refractivity contribution in [2.75, 3.05) is 6.61 Å². The highest BCUT2D eigenvalue weighted by Crippen LogP contribution is 2.30. The number of nitrogens with zero attached hydrogens (tertiary/aromatic N) is 5. The number of imidazole rings is 1. The molecule has 0 aliphatic carbocycles. The largest absolute Gasteiger partial charge is 0.368 e. The SMILES string of the molecule is CC(C)n1c(=O)c2c(-c3noc(C4CCCO4)n3)ncn2c2cccc(F)c21. The van der Waals surface area contributed by atoms with Crippen LogP contribution in [-0.2, 0) is 4.74 Å². The number of benzene rings is 1. The molecule has 3 aromatic heterocycles. The Hall–Kier alpha value is -3.07. The zero-order valence-corrected chi connectivity index (χ0v) is 15.4. The average Bonchev–Trinajstić information content (AvgIpc) is 3.41. The van der Waals surface area contributed by atoms with Crippen LogP contribution in [0, 0.1) is 5.82 Å². The molecular formula is C19H18FN5O3. The molecule has 0 N–H and O–H groups in total. The average molecular weight is 383 g/mol. The van der Waals surface area contributed by atoms with Gasteiger partial charge in [-0.3, -0.25) is 13.8 Å². The Balaban J connectivity index is 1.78. The molecule has 4 heterocycles. The first-order chi connectivity index (χ1) is 13.6. The molecule has 8 nitrogen and oxygen atoms in total. The van der Waals surface area contributed by atoms with Crippen LogP contribution < -0.4 is 5.56 Å². The van der Waals surface area contributed by atoms with Gasteiger partial charge in [-0.15, -0.1) is 0 Å². The second kappa shape index (κ2) is 6.23. The van der Waals surface area contributed by atoms with Crippen molar-refractivity contribution in [2.24, 2.45) is 0 Å². The number of para-hydroxylation sites is 1. The van der Waals surface area contributed by atoms with Crippen LogP contribution in [0.4, 0.5) is 4.39 Å². The predicted molar refractivity (Wildman–Crippen MR) is 98.5 cm³/mol. The van der Waals surface area contributed by atoms with Gasteiger partial charge in [0.2, 0.25) is 5.82 Å². The van der Waals surface area contributed by atoms with E-state index in [1.807, 2.05) is 13.8 Å². The first-order valence-corrected chi connectivity index (χ1v) is 9.21. The summed E-state index contributed by atoms with van der Waals surface area (Å²) in [6.45, 7) is 4.33. The molecule has 1 atom stereocenters. The molecule has 1 aliphatic heterocycles. The van der Waals surface area contributed by atoms with Crippen LogP contribution in [0.25, 0.3) is 28.1 Å². The molecule has 144 valence electrons. The monoisotopic (exact) mass is 383 g/mol. The normalized spacial score (nSPS) is 17.4. The zero-order valence-electron chi connectivity index (χ0n) is 15.4. The van der Waals surface area contributed by atoms with Gasteiger partial charge in [0.05, 0.1) is 5.52 Å². The van der Waals surface area contributed by atoms with Crippen LogP contribution in [-0.4, -0.2) is 30.7 Å². The Morgan fingerprint density at radius 2 is 2.14 bits per heavy atom. The summed E-state index contributed by atoms with van der Waals surface area (Å²) in [6.07, 6.45) is 3.01. The van der Waals surface area contributed by atoms with Crippen molar-refractivity contribution in [1.29, 1.82) is 0 Å². The Morgan fingerprint density at radius 3 is 2.89 bits per heavy atom. The Morgan fingerprint density at radius 1 is 1.29 bits per heavy atom. The van der Waals surface area contributed by atoms with E-state index in [1.165, 1.54) is 17.0 Å². The molecule has 1 aliphatic rings. The molecule has 1 saturated heterocycles. The fraction of sp³-hybridized carbons (Fsp3) is 0.368. The number of halogens is 1. The zero-order chi connectivity index (χ0) is 19.4. The van der Waals surface area contributed by atoms with Crippen LogP contribution in [0.1, 0.15) is 44.7 Å². The Kier molecular flexibility index (Phi) is 3.80. The molecule has 0 radical (unpaired) electrons. The van der Waals surface area contributed by atoms with Gasteiger partial charge in [-0.1, -0.05) is 11.2 Å². The molecule has 1 unspecified atom stereocenters. The highest BCUT2D eigenvalue weighted by Gasteiger charge is 2.27. The summed E-state index contributed by atoms with van der Waals surface area (Å²) in [6, 6.07) is 4.46. The Labute approximate surface area is 158 Å². The molecule has 1 aromatic carbocycles. The first-order valence-electron chi connectivity index (χ1n) is 9.21. The summed E-state index contributed by atoms with van der Waals surface area (Å²) < 4.78 is 28.5. The molecule has 0 spiro atoms. The number of aromatic nitrogens is 5. The van der Waals surface area contributed by atoms with Crippen molar-refractivity contribution < 1.29 is 13.7 Å². The molecule has 1 fully saturated rings. The molecule has 5 rings (SSSR count). The van der Waals surface area contributed by atoms with Gasteiger partial charge in [0, 0.05) is 12.6 Å². The van der Waals surface area contributed by atoms with E-state index in [-0.39, 0.29) is 34.6 Å². The summed E-state index contributed by atoms with van der Waals surface area (Å²) in [7, 11) is 0. The molecule has 9 heteroatoms. The standard InChI is InChI=1S/C19H18FN5O3/c1-10(2)25-15-11(20)5-3-6-12(15)24-9-21-14(16(24)19(25)26)17-22-18(28-23-17)13-7-4-8-27-13/h3,5-6,9-10,13H,4,7-8H2,1-2H3. The number of rotatable bonds is 3. The number of hydrogen-bond donors (Lipinski definition) is 0. The second-order valence-corrected chi connectivity index (χ2v) is 7.15. The van der Waals surface area contributed by atoms with Crippen LogP contribution in [0.15, 0.2) is 33.8 Å². The van der Waals surface area contributed by atoms with Gasteiger partial charge >= 0.3 is 0 Å². The molecule has 0 saturated carbocycles. The third-order valence-electron chi connectivity index (χ3n) is 5.03. The molecule has 0 amide bonds. The van der Waals surface area contributed by atoms with E-state index >= 15 is 0 Å². The van der Waals surface area contributed by atoms with E-state index in [1.54, 1.807) is 16.5 Å². The summed E-state index contributed by atoms with van der Waals surface area (Å²) in [5, 5.41) is 4.00. The van der Waals surface area contributed by atoms with Gasteiger partial charge in [-0.05, 0) is 38.8 Å². The van der Waals surface area contributed by atoms with Crippen LogP contribution >= 0.6 is 0 Å². The third kappa shape index (κ3) is 2.39. The summed E-state index contributed by atoms with van der Waals surface area (Å²) in [5.41, 5.74) is 1.02. The van der Waals surface area contributed by atoms with Gasteiger partial charge in [-0.25, -0.2) is 9.37 Å². The molecule has 28 heavy (non-hydrogen) atoms. The van der Waals surface area contributed by atoms with Crippen molar-refractivity contribution in [3.63, 3.8) is 0 Å². The van der Waals surface area contributed by atoms with E-state index in [4.69, 9.17) is 9.26 Å². The summed E-state index contributed by atoms with van der Waals surface area (Å²) >= 11 is 0. The van der Waals surface area contributed by atoms with E-state index < -0.39 is 5.82 Å². The fourth-order valence-electron chi connectivity index (χ4n) is 3.78. The van der Waals surface area contributed by atoms with Crippen LogP contribution in [0.5, 0.6) is 0 Å². The van der Waals surface area contributed by atoms with E-state index in [0.717, 1.165) is 12.8 Å². The van der Waals surface area contributed by atoms with Gasteiger partial charge in [0.15, 0.2) is 0 Å². The lowest BCUT2D eigenvalue weighted by Crippen LogP contribution is -2.25. The van der Waals surface area contributed by atoms with Crippen molar-refractivity contribution >= 4 is 16.6 Å². The maximum atomic E-state index is 14.6. The summed E-state index contributed by atoms with van der Waals surface area (Å²) in [5.74, 6) is 0.140. The van der Waals surface area contributed by atoms with Crippen LogP contribution in [0.3, 0.4) is 0 Å². The van der Waals surface area contributed by atoms with Gasteiger partial charge in [0.1, 0.15) is 35.0 Å². The smallest absolute Gasteiger partial charge is 0.278 e. The lowest BCUT2D eigenvalue weighted by atomic mass is 10.2. The maximum absolute atomic E-state index is 14.6. The first kappa shape index (κ1) is 17.1. The third-order valence-corrected chi connectivity index (χ3v) is 5.03. The van der Waals surface area contributed by atoms with Crippen LogP contribution in [0.2, 0.25) is 0 Å². The van der Waals surface area contributed by atoms with Crippen molar-refractivity contribution in [2.45, 2.75) is 38.8 Å². The van der Waals surface area contributed by atoms with Gasteiger partial charge < -0.3 is 9.26 Å². The highest BCUT2D eigenvalue weighted by atomic mass is 19.1. The minimum Gasteiger partial charge on any atom is -0.368 e. The highest BCUT2D eigenvalue weighted by molar-refractivity contribution is 5.84. The van der Waals surface area contributed by atoms with E-state index in [0.29, 0.717) is 23.7 Å². The number of fused-ring (bicyclic) bond motifs is 3. The lowest BCUT2D eigenvalue weighted by molar-refractivity contribution is 0.0835. The quantitative estimate of drug-likeness (QED) is 0.540. The second-order valence-electron chi connectivity index (χ2n) is 7.15. The maximum Gasteiger partial charge on any atom is 0.278 e. The number of hydrogen-bond acceptors (Lipinski definition) is 6. The lowest BCUT2D eigenvalue weighted by Gasteiger charge is -2.16. The van der Waals surface area contributed by atoms with E-state index in [9.17, 15) is 9.18 Å². The van der Waals surface area contributed by atoms with Crippen molar-refractivity contribution in [1.82, 2.24) is 24.1 Å². The minimum absolute atomic E-state index is 0.219. The van der Waals surface area contributed by atoms with Crippen molar-refractivity contribution in [3.8, 4) is 11.5 Å². The van der Waals surface area contributed by atoms with E-state index in [2.05, 4.69) is 15.1 Å². The number of ether oxygens (including phenoxy) is 1. The van der Waals surface area contributed by atoms with Gasteiger partial charge in [0.25, 0.3) is 11.4 Å². The summed E-state index contributed by atoms with van der Waals surface area (Å²) in [4.78, 5) is 22.0.